The number of nitrogens with one attached hydrogen (secondary N) is 1. The van der Waals surface area contributed by atoms with Gasteiger partial charge in [-0.3, -0.25) is 0 Å². The van der Waals surface area contributed by atoms with Gasteiger partial charge in [0.15, 0.2) is 0 Å². The van der Waals surface area contributed by atoms with E-state index >= 15 is 0 Å². The van der Waals surface area contributed by atoms with Crippen LogP contribution in [-0.4, -0.2) is 22.2 Å². The SMILES string of the molecule is C=Cc1ccccc1OC(=O)NCCCCCCn1c(C)nc(-c2ccccc2)c1-c1ccccc1. The zero-order valence-corrected chi connectivity index (χ0v) is 20.8. The van der Waals surface area contributed by atoms with Crippen LogP contribution in [0.4, 0.5) is 4.79 Å². The van der Waals surface area contributed by atoms with Gasteiger partial charge in [-0.05, 0) is 25.8 Å². The molecule has 4 aromatic rings. The van der Waals surface area contributed by atoms with Crippen molar-refractivity contribution in [2.45, 2.75) is 39.2 Å². The van der Waals surface area contributed by atoms with E-state index in [9.17, 15) is 4.79 Å². The molecule has 0 bridgehead atoms. The standard InChI is InChI=1S/C31H33N3O2/c1-3-25-16-12-13-21-28(25)36-31(35)32-22-14-4-5-15-23-34-24(2)33-29(26-17-8-6-9-18-26)30(34)27-19-10-7-11-20-27/h3,6-13,16-21H,1,4-5,14-15,22-23H2,2H3,(H,32,35). The third-order valence-corrected chi connectivity index (χ3v) is 6.17. The van der Waals surface area contributed by atoms with Crippen molar-refractivity contribution in [1.82, 2.24) is 14.9 Å². The van der Waals surface area contributed by atoms with E-state index in [1.54, 1.807) is 12.1 Å². The van der Waals surface area contributed by atoms with Gasteiger partial charge in [0, 0.05) is 29.8 Å². The lowest BCUT2D eigenvalue weighted by Gasteiger charge is -2.12. The summed E-state index contributed by atoms with van der Waals surface area (Å²) in [5.41, 5.74) is 5.31. The lowest BCUT2D eigenvalue weighted by Crippen LogP contribution is -2.27. The molecule has 1 aromatic heterocycles. The van der Waals surface area contributed by atoms with Gasteiger partial charge < -0.3 is 14.6 Å². The smallest absolute Gasteiger partial charge is 0.410 e. The summed E-state index contributed by atoms with van der Waals surface area (Å²) in [6.07, 6.45) is 5.30. The fourth-order valence-electron chi connectivity index (χ4n) is 4.34. The van der Waals surface area contributed by atoms with Crippen LogP contribution in [0.3, 0.4) is 0 Å². The number of hydrogen-bond acceptors (Lipinski definition) is 3. The molecule has 1 heterocycles. The van der Waals surface area contributed by atoms with Gasteiger partial charge in [-0.2, -0.15) is 0 Å². The summed E-state index contributed by atoms with van der Waals surface area (Å²) in [6, 6.07) is 28.2. The van der Waals surface area contributed by atoms with Gasteiger partial charge in [0.2, 0.25) is 0 Å². The third-order valence-electron chi connectivity index (χ3n) is 6.17. The number of unbranched alkanes of at least 4 members (excludes halogenated alkanes) is 3. The Morgan fingerprint density at radius 2 is 1.53 bits per heavy atom. The molecule has 0 aliphatic carbocycles. The Morgan fingerprint density at radius 1 is 0.889 bits per heavy atom. The van der Waals surface area contributed by atoms with Gasteiger partial charge in [0.25, 0.3) is 0 Å². The summed E-state index contributed by atoms with van der Waals surface area (Å²) in [5, 5.41) is 2.84. The summed E-state index contributed by atoms with van der Waals surface area (Å²) >= 11 is 0. The highest BCUT2D eigenvalue weighted by Gasteiger charge is 2.17. The van der Waals surface area contributed by atoms with Gasteiger partial charge >= 0.3 is 6.09 Å². The molecule has 0 aliphatic rings. The molecule has 0 atom stereocenters. The quantitative estimate of drug-likeness (QED) is 0.226. The molecule has 1 N–H and O–H groups in total. The molecule has 0 radical (unpaired) electrons. The Labute approximate surface area is 213 Å². The molecule has 184 valence electrons. The van der Waals surface area contributed by atoms with Crippen molar-refractivity contribution in [3.8, 4) is 28.3 Å². The third kappa shape index (κ3) is 6.30. The summed E-state index contributed by atoms with van der Waals surface area (Å²) in [7, 11) is 0. The number of rotatable bonds is 11. The molecule has 0 aliphatic heterocycles. The van der Waals surface area contributed by atoms with Gasteiger partial charge in [-0.1, -0.05) is 104 Å². The second-order valence-corrected chi connectivity index (χ2v) is 8.71. The number of imidazole rings is 1. The predicted octanol–water partition coefficient (Wildman–Crippen LogP) is 7.52. The average molecular weight is 480 g/mol. The Kier molecular flexibility index (Phi) is 8.71. The number of amides is 1. The second kappa shape index (κ2) is 12.5. The van der Waals surface area contributed by atoms with Crippen molar-refractivity contribution in [3.05, 3.63) is 103 Å². The fraction of sp³-hybridized carbons (Fsp3) is 0.226. The maximum atomic E-state index is 12.1. The summed E-state index contributed by atoms with van der Waals surface area (Å²) in [5.74, 6) is 1.54. The van der Waals surface area contributed by atoms with E-state index < -0.39 is 6.09 Å². The van der Waals surface area contributed by atoms with Crippen molar-refractivity contribution in [1.29, 1.82) is 0 Å². The number of benzene rings is 3. The van der Waals surface area contributed by atoms with Crippen molar-refractivity contribution in [2.75, 3.05) is 6.54 Å². The van der Waals surface area contributed by atoms with Crippen LogP contribution in [0.25, 0.3) is 28.6 Å². The van der Waals surface area contributed by atoms with Gasteiger partial charge in [0.1, 0.15) is 11.6 Å². The molecule has 5 heteroatoms. The lowest BCUT2D eigenvalue weighted by molar-refractivity contribution is 0.200. The first-order valence-electron chi connectivity index (χ1n) is 12.5. The van der Waals surface area contributed by atoms with E-state index in [-0.39, 0.29) is 0 Å². The predicted molar refractivity (Wildman–Crippen MR) is 147 cm³/mol. The minimum atomic E-state index is -0.431. The van der Waals surface area contributed by atoms with Crippen LogP contribution in [-0.2, 0) is 6.54 Å². The molecule has 0 fully saturated rings. The number of nitrogens with zero attached hydrogens (tertiary/aromatic N) is 2. The molecular formula is C31H33N3O2. The molecule has 5 nitrogen and oxygen atoms in total. The van der Waals surface area contributed by atoms with E-state index in [0.29, 0.717) is 12.3 Å². The topological polar surface area (TPSA) is 56.1 Å². The lowest BCUT2D eigenvalue weighted by atomic mass is 10.0. The van der Waals surface area contributed by atoms with E-state index in [4.69, 9.17) is 9.72 Å². The Hall–Kier alpha value is -4.12. The molecule has 36 heavy (non-hydrogen) atoms. The van der Waals surface area contributed by atoms with Crippen molar-refractivity contribution in [3.63, 3.8) is 0 Å². The van der Waals surface area contributed by atoms with Crippen molar-refractivity contribution >= 4 is 12.2 Å². The van der Waals surface area contributed by atoms with Gasteiger partial charge in [-0.15, -0.1) is 0 Å². The zero-order chi connectivity index (χ0) is 25.2. The maximum Gasteiger partial charge on any atom is 0.412 e. The van der Waals surface area contributed by atoms with Crippen LogP contribution in [0.5, 0.6) is 5.75 Å². The Balaban J connectivity index is 1.29. The van der Waals surface area contributed by atoms with Crippen molar-refractivity contribution < 1.29 is 9.53 Å². The van der Waals surface area contributed by atoms with Crippen LogP contribution in [0.2, 0.25) is 0 Å². The molecule has 0 saturated heterocycles. The monoisotopic (exact) mass is 479 g/mol. The van der Waals surface area contributed by atoms with E-state index in [2.05, 4.69) is 71.9 Å². The van der Waals surface area contributed by atoms with Gasteiger partial charge in [-0.25, -0.2) is 9.78 Å². The summed E-state index contributed by atoms with van der Waals surface area (Å²) < 4.78 is 7.74. The minimum absolute atomic E-state index is 0.431. The number of carbonyl (C=O) groups excluding carboxylic acids is 1. The summed E-state index contributed by atoms with van der Waals surface area (Å²) in [6.45, 7) is 7.33. The normalized spacial score (nSPS) is 10.7. The highest BCUT2D eigenvalue weighted by molar-refractivity contribution is 5.79. The highest BCUT2D eigenvalue weighted by atomic mass is 16.6. The molecule has 1 amide bonds. The number of para-hydroxylation sites is 1. The number of carbonyl (C=O) groups is 1. The largest absolute Gasteiger partial charge is 0.412 e. The molecule has 0 spiro atoms. The summed E-state index contributed by atoms with van der Waals surface area (Å²) in [4.78, 5) is 17.1. The average Bonchev–Trinajstić information content (AvgIpc) is 3.25. The Morgan fingerprint density at radius 3 is 2.25 bits per heavy atom. The maximum absolute atomic E-state index is 12.1. The zero-order valence-electron chi connectivity index (χ0n) is 20.8. The second-order valence-electron chi connectivity index (χ2n) is 8.71. The van der Waals surface area contributed by atoms with E-state index in [1.165, 1.54) is 11.3 Å². The molecule has 0 saturated carbocycles. The van der Waals surface area contributed by atoms with Crippen LogP contribution in [0.15, 0.2) is 91.5 Å². The minimum Gasteiger partial charge on any atom is -0.410 e. The number of hydrogen-bond donors (Lipinski definition) is 1. The number of aryl methyl sites for hydroxylation is 1. The molecular weight excluding hydrogens is 446 g/mol. The molecule has 3 aromatic carbocycles. The van der Waals surface area contributed by atoms with Crippen LogP contribution in [0, 0.1) is 6.92 Å². The van der Waals surface area contributed by atoms with Crippen LogP contribution < -0.4 is 10.1 Å². The Bertz CT molecular complexity index is 1280. The highest BCUT2D eigenvalue weighted by Crippen LogP contribution is 2.33. The first-order valence-corrected chi connectivity index (χ1v) is 12.5. The van der Waals surface area contributed by atoms with Crippen molar-refractivity contribution in [2.24, 2.45) is 0 Å². The number of ether oxygens (including phenoxy) is 1. The fourth-order valence-corrected chi connectivity index (χ4v) is 4.34. The molecule has 0 unspecified atom stereocenters. The van der Waals surface area contributed by atoms with Crippen LogP contribution in [0.1, 0.15) is 37.1 Å². The van der Waals surface area contributed by atoms with Crippen LogP contribution >= 0.6 is 0 Å². The van der Waals surface area contributed by atoms with E-state index in [0.717, 1.165) is 54.9 Å². The molecule has 4 rings (SSSR count). The van der Waals surface area contributed by atoms with E-state index in [1.807, 2.05) is 30.3 Å². The van der Waals surface area contributed by atoms with Gasteiger partial charge in [0.05, 0.1) is 11.4 Å². The first kappa shape index (κ1) is 25.0. The number of aromatic nitrogens is 2. The first-order chi connectivity index (χ1) is 17.7.